The van der Waals surface area contributed by atoms with Gasteiger partial charge in [-0.1, -0.05) is 18.2 Å². The maximum absolute atomic E-state index is 12.0. The maximum atomic E-state index is 12.0. The maximum Gasteiger partial charge on any atom is 0.334 e. The van der Waals surface area contributed by atoms with E-state index in [9.17, 15) is 14.9 Å². The van der Waals surface area contributed by atoms with E-state index in [1.165, 1.54) is 34.7 Å². The Labute approximate surface area is 125 Å². The van der Waals surface area contributed by atoms with Crippen LogP contribution in [-0.4, -0.2) is 20.8 Å². The number of nitrogens with zero attached hydrogens (tertiary/aromatic N) is 3. The van der Waals surface area contributed by atoms with Crippen molar-refractivity contribution in [3.05, 3.63) is 69.1 Å². The first-order valence-corrected chi connectivity index (χ1v) is 7.34. The largest absolute Gasteiger partial charge is 0.334 e. The van der Waals surface area contributed by atoms with E-state index in [-0.39, 0.29) is 6.54 Å². The van der Waals surface area contributed by atoms with Crippen LogP contribution in [0.1, 0.15) is 0 Å². The Balaban J connectivity index is 2.32. The summed E-state index contributed by atoms with van der Waals surface area (Å²) >= 11 is 1.40. The molecule has 0 aliphatic heterocycles. The molecule has 0 aliphatic rings. The highest BCUT2D eigenvalue weighted by Crippen LogP contribution is 2.14. The Hall–Kier alpha value is -2.41. The van der Waals surface area contributed by atoms with Crippen molar-refractivity contribution >= 4 is 28.2 Å². The number of aromatic nitrogens is 1. The molecule has 7 heteroatoms. The molecule has 21 heavy (non-hydrogen) atoms. The van der Waals surface area contributed by atoms with E-state index in [1.807, 2.05) is 36.6 Å². The quantitative estimate of drug-likeness (QED) is 0.376. The fraction of sp³-hybridized carbons (Fsp3) is 0.143. The predicted molar refractivity (Wildman–Crippen MR) is 84.4 cm³/mol. The number of hydrogen-bond acceptors (Lipinski definition) is 5. The molecular formula is C14H13N3O3S. The third kappa shape index (κ3) is 3.79. The summed E-state index contributed by atoms with van der Waals surface area (Å²) in [5, 5.41) is 11.5. The molecule has 0 fully saturated rings. The average Bonchev–Trinajstić information content (AvgIpc) is 2.49. The van der Waals surface area contributed by atoms with Gasteiger partial charge in [-0.2, -0.15) is 0 Å². The van der Waals surface area contributed by atoms with Crippen molar-refractivity contribution in [1.29, 1.82) is 0 Å². The molecule has 0 bridgehead atoms. The fourth-order valence-corrected chi connectivity index (χ4v) is 2.19. The molecule has 0 radical (unpaired) electrons. The first-order valence-electron chi connectivity index (χ1n) is 6.12. The molecule has 1 heterocycles. The molecule has 1 aromatic carbocycles. The molecule has 1 aromatic heterocycles. The number of hydrogen-bond donors (Lipinski definition) is 0. The second-order valence-electron chi connectivity index (χ2n) is 4.13. The van der Waals surface area contributed by atoms with Crippen molar-refractivity contribution in [2.45, 2.75) is 6.54 Å². The number of pyridine rings is 1. The molecule has 0 saturated heterocycles. The summed E-state index contributed by atoms with van der Waals surface area (Å²) < 4.78 is 1.29. The van der Waals surface area contributed by atoms with Crippen LogP contribution in [0.15, 0.2) is 58.4 Å². The SMILES string of the molecule is CS/C(Cn1cccc([N+](=O)[O-])c1=O)=N\c1ccccc1. The zero-order chi connectivity index (χ0) is 15.2. The zero-order valence-electron chi connectivity index (χ0n) is 11.3. The molecule has 0 N–H and O–H groups in total. The molecule has 0 unspecified atom stereocenters. The van der Waals surface area contributed by atoms with Crippen molar-refractivity contribution in [2.75, 3.05) is 6.26 Å². The minimum absolute atomic E-state index is 0.205. The Morgan fingerprint density at radius 1 is 1.29 bits per heavy atom. The average molecular weight is 303 g/mol. The Morgan fingerprint density at radius 2 is 2.00 bits per heavy atom. The van der Waals surface area contributed by atoms with Crippen molar-refractivity contribution in [1.82, 2.24) is 4.57 Å². The minimum atomic E-state index is -0.675. The molecular weight excluding hydrogens is 290 g/mol. The monoisotopic (exact) mass is 303 g/mol. The lowest BCUT2D eigenvalue weighted by Crippen LogP contribution is -2.24. The topological polar surface area (TPSA) is 77.5 Å². The highest BCUT2D eigenvalue weighted by atomic mass is 32.2. The fourth-order valence-electron chi connectivity index (χ4n) is 1.73. The molecule has 0 amide bonds. The summed E-state index contributed by atoms with van der Waals surface area (Å²) in [7, 11) is 0. The Kier molecular flexibility index (Phi) is 4.89. The van der Waals surface area contributed by atoms with Crippen LogP contribution in [0.25, 0.3) is 0 Å². The van der Waals surface area contributed by atoms with E-state index in [0.717, 1.165) is 5.69 Å². The number of nitro groups is 1. The lowest BCUT2D eigenvalue weighted by atomic mass is 10.3. The van der Waals surface area contributed by atoms with E-state index >= 15 is 0 Å². The van der Waals surface area contributed by atoms with Crippen LogP contribution in [0.5, 0.6) is 0 Å². The second kappa shape index (κ2) is 6.85. The van der Waals surface area contributed by atoms with Crippen molar-refractivity contribution < 1.29 is 4.92 Å². The number of thioether (sulfide) groups is 1. The van der Waals surface area contributed by atoms with E-state index in [2.05, 4.69) is 4.99 Å². The zero-order valence-corrected chi connectivity index (χ0v) is 12.1. The Bertz CT molecular complexity index is 726. The van der Waals surface area contributed by atoms with Gasteiger partial charge in [-0.05, 0) is 24.5 Å². The first-order chi connectivity index (χ1) is 10.1. The van der Waals surface area contributed by atoms with Gasteiger partial charge < -0.3 is 4.57 Å². The Morgan fingerprint density at radius 3 is 2.62 bits per heavy atom. The normalized spacial score (nSPS) is 11.4. The summed E-state index contributed by atoms with van der Waals surface area (Å²) in [6.45, 7) is 0.205. The van der Waals surface area contributed by atoms with Crippen LogP contribution in [0, 0.1) is 10.1 Å². The van der Waals surface area contributed by atoms with Gasteiger partial charge in [0.25, 0.3) is 0 Å². The summed E-state index contributed by atoms with van der Waals surface area (Å²) in [6.07, 6.45) is 3.37. The third-order valence-electron chi connectivity index (χ3n) is 2.75. The minimum Gasteiger partial charge on any atom is -0.303 e. The van der Waals surface area contributed by atoms with Gasteiger partial charge in [0.1, 0.15) is 0 Å². The number of benzene rings is 1. The standard InChI is InChI=1S/C14H13N3O3S/c1-21-13(15-11-6-3-2-4-7-11)10-16-9-5-8-12(14(16)18)17(19)20/h2-9H,10H2,1H3/b15-13-. The molecule has 0 atom stereocenters. The number of rotatable bonds is 4. The van der Waals surface area contributed by atoms with E-state index < -0.39 is 16.2 Å². The molecule has 108 valence electrons. The molecule has 0 saturated carbocycles. The van der Waals surface area contributed by atoms with Crippen molar-refractivity contribution in [3.8, 4) is 0 Å². The molecule has 6 nitrogen and oxygen atoms in total. The van der Waals surface area contributed by atoms with Crippen LogP contribution in [-0.2, 0) is 6.54 Å². The van der Waals surface area contributed by atoms with Crippen LogP contribution >= 0.6 is 11.8 Å². The van der Waals surface area contributed by atoms with Gasteiger partial charge in [-0.3, -0.25) is 14.9 Å². The van der Waals surface area contributed by atoms with Crippen LogP contribution in [0.3, 0.4) is 0 Å². The van der Waals surface area contributed by atoms with Crippen LogP contribution in [0.2, 0.25) is 0 Å². The molecule has 0 spiro atoms. The van der Waals surface area contributed by atoms with Crippen molar-refractivity contribution in [2.24, 2.45) is 4.99 Å². The summed E-state index contributed by atoms with van der Waals surface area (Å²) in [5.74, 6) is 0. The summed E-state index contributed by atoms with van der Waals surface area (Å²) in [5.41, 5.74) is -0.282. The highest BCUT2D eigenvalue weighted by Gasteiger charge is 2.14. The van der Waals surface area contributed by atoms with E-state index in [0.29, 0.717) is 5.04 Å². The third-order valence-corrected chi connectivity index (χ3v) is 3.44. The van der Waals surface area contributed by atoms with Crippen LogP contribution < -0.4 is 5.56 Å². The summed E-state index contributed by atoms with van der Waals surface area (Å²) in [6, 6.07) is 12.0. The lowest BCUT2D eigenvalue weighted by Gasteiger charge is -2.06. The number of para-hydroxylation sites is 1. The van der Waals surface area contributed by atoms with Gasteiger partial charge in [0, 0.05) is 12.3 Å². The van der Waals surface area contributed by atoms with E-state index in [1.54, 1.807) is 0 Å². The van der Waals surface area contributed by atoms with Crippen molar-refractivity contribution in [3.63, 3.8) is 0 Å². The van der Waals surface area contributed by atoms with Gasteiger partial charge in [-0.25, -0.2) is 4.99 Å². The summed E-state index contributed by atoms with van der Waals surface area (Å²) in [4.78, 5) is 26.5. The van der Waals surface area contributed by atoms with Gasteiger partial charge >= 0.3 is 11.2 Å². The second-order valence-corrected chi connectivity index (χ2v) is 5.01. The van der Waals surface area contributed by atoms with Gasteiger partial charge in [0.15, 0.2) is 0 Å². The highest BCUT2D eigenvalue weighted by molar-refractivity contribution is 8.13. The molecule has 2 rings (SSSR count). The van der Waals surface area contributed by atoms with Crippen LogP contribution in [0.4, 0.5) is 11.4 Å². The predicted octanol–water partition coefficient (Wildman–Crippen LogP) is 2.85. The lowest BCUT2D eigenvalue weighted by molar-refractivity contribution is -0.386. The molecule has 2 aromatic rings. The molecule has 0 aliphatic carbocycles. The number of aliphatic imine (C=N–C) groups is 1. The van der Waals surface area contributed by atoms with Gasteiger partial charge in [0.2, 0.25) is 0 Å². The smallest absolute Gasteiger partial charge is 0.303 e. The van der Waals surface area contributed by atoms with Gasteiger partial charge in [0.05, 0.1) is 22.2 Å². The van der Waals surface area contributed by atoms with Gasteiger partial charge in [-0.15, -0.1) is 11.8 Å². The van der Waals surface area contributed by atoms with E-state index in [4.69, 9.17) is 0 Å². The first kappa shape index (κ1) is 15.0.